The van der Waals surface area contributed by atoms with Crippen LogP contribution < -0.4 is 5.73 Å². The summed E-state index contributed by atoms with van der Waals surface area (Å²) in [4.78, 5) is 14.0. The minimum atomic E-state index is 0.164. The van der Waals surface area contributed by atoms with Gasteiger partial charge in [-0.25, -0.2) is 0 Å². The van der Waals surface area contributed by atoms with Crippen LogP contribution in [-0.2, 0) is 4.79 Å². The van der Waals surface area contributed by atoms with Gasteiger partial charge in [0.15, 0.2) is 0 Å². The fraction of sp³-hybridized carbons (Fsp3) is 0.769. The molecule has 1 heterocycles. The van der Waals surface area contributed by atoms with Crippen molar-refractivity contribution < 1.29 is 4.79 Å². The number of amides is 1. The van der Waals surface area contributed by atoms with E-state index < -0.39 is 0 Å². The molecule has 2 rings (SSSR count). The lowest BCUT2D eigenvalue weighted by Crippen LogP contribution is -2.49. The number of carbonyl (C=O) groups excluding carboxylic acids is 1. The Morgan fingerprint density at radius 1 is 1.50 bits per heavy atom. The van der Waals surface area contributed by atoms with E-state index in [9.17, 15) is 4.79 Å². The zero-order valence-electron chi connectivity index (χ0n) is 10.1. The molecule has 3 nitrogen and oxygen atoms in total. The minimum Gasteiger partial charge on any atom is -0.341 e. The third kappa shape index (κ3) is 2.64. The lowest BCUT2D eigenvalue weighted by Gasteiger charge is -2.35. The molecular formula is C13H22N2O. The average Bonchev–Trinajstić information content (AvgIpc) is 2.74. The molecule has 0 bridgehead atoms. The molecule has 1 saturated heterocycles. The summed E-state index contributed by atoms with van der Waals surface area (Å²) in [5.74, 6) is 1.32. The largest absolute Gasteiger partial charge is 0.341 e. The van der Waals surface area contributed by atoms with E-state index in [-0.39, 0.29) is 6.04 Å². The molecule has 0 aromatic carbocycles. The van der Waals surface area contributed by atoms with Crippen molar-refractivity contribution >= 4 is 5.91 Å². The van der Waals surface area contributed by atoms with Gasteiger partial charge >= 0.3 is 0 Å². The highest BCUT2D eigenvalue weighted by Gasteiger charge is 2.27. The van der Waals surface area contributed by atoms with Crippen molar-refractivity contribution in [2.24, 2.45) is 17.6 Å². The van der Waals surface area contributed by atoms with E-state index in [4.69, 9.17) is 5.73 Å². The molecule has 0 spiro atoms. The molecule has 1 fully saturated rings. The molecule has 3 heteroatoms. The first-order valence-electron chi connectivity index (χ1n) is 6.37. The van der Waals surface area contributed by atoms with Crippen molar-refractivity contribution in [2.45, 2.75) is 38.6 Å². The van der Waals surface area contributed by atoms with Gasteiger partial charge in [0.2, 0.25) is 5.91 Å². The van der Waals surface area contributed by atoms with Crippen molar-refractivity contribution in [2.75, 3.05) is 13.1 Å². The van der Waals surface area contributed by atoms with Crippen LogP contribution >= 0.6 is 0 Å². The van der Waals surface area contributed by atoms with Crippen molar-refractivity contribution in [3.8, 4) is 0 Å². The Bertz CT molecular complexity index is 288. The normalized spacial score (nSPS) is 34.4. The summed E-state index contributed by atoms with van der Waals surface area (Å²) >= 11 is 0. The smallest absolute Gasteiger partial charge is 0.223 e. The van der Waals surface area contributed by atoms with Gasteiger partial charge in [0.25, 0.3) is 0 Å². The quantitative estimate of drug-likeness (QED) is 0.720. The monoisotopic (exact) mass is 222 g/mol. The van der Waals surface area contributed by atoms with Crippen molar-refractivity contribution in [1.29, 1.82) is 0 Å². The van der Waals surface area contributed by atoms with E-state index in [0.29, 0.717) is 24.2 Å². The maximum absolute atomic E-state index is 12.0. The minimum absolute atomic E-state index is 0.164. The van der Waals surface area contributed by atoms with E-state index in [1.54, 1.807) is 0 Å². The second-order valence-electron chi connectivity index (χ2n) is 5.24. The third-order valence-corrected chi connectivity index (χ3v) is 3.92. The predicted octanol–water partition coefficient (Wildman–Crippen LogP) is 1.54. The first-order chi connectivity index (χ1) is 7.66. The van der Waals surface area contributed by atoms with Crippen LogP contribution in [0.15, 0.2) is 12.2 Å². The van der Waals surface area contributed by atoms with E-state index in [1.807, 2.05) is 4.90 Å². The number of nitrogens with zero attached hydrogens (tertiary/aromatic N) is 1. The zero-order chi connectivity index (χ0) is 11.5. The average molecular weight is 222 g/mol. The van der Waals surface area contributed by atoms with Crippen molar-refractivity contribution in [3.63, 3.8) is 0 Å². The van der Waals surface area contributed by atoms with Crippen molar-refractivity contribution in [1.82, 2.24) is 4.90 Å². The lowest BCUT2D eigenvalue weighted by atomic mass is 9.93. The summed E-state index contributed by atoms with van der Waals surface area (Å²) in [5.41, 5.74) is 6.01. The highest BCUT2D eigenvalue weighted by molar-refractivity contribution is 5.76. The molecule has 90 valence electrons. The molecule has 0 radical (unpaired) electrons. The fourth-order valence-electron chi connectivity index (χ4n) is 2.54. The Kier molecular flexibility index (Phi) is 3.64. The van der Waals surface area contributed by atoms with Crippen LogP contribution in [0.2, 0.25) is 0 Å². The zero-order valence-corrected chi connectivity index (χ0v) is 10.1. The Balaban J connectivity index is 1.83. The van der Waals surface area contributed by atoms with Gasteiger partial charge in [-0.3, -0.25) is 4.79 Å². The first-order valence-corrected chi connectivity index (χ1v) is 6.37. The number of piperidine rings is 1. The number of likely N-dealkylation sites (tertiary alicyclic amines) is 1. The molecule has 2 N–H and O–H groups in total. The van der Waals surface area contributed by atoms with Crippen LogP contribution in [0.3, 0.4) is 0 Å². The number of hydrogen-bond donors (Lipinski definition) is 1. The van der Waals surface area contributed by atoms with Gasteiger partial charge in [0.1, 0.15) is 0 Å². The SMILES string of the molecule is CC1CCN(C(=O)CC2C=CCC2)CC1N. The highest BCUT2D eigenvalue weighted by Crippen LogP contribution is 2.23. The summed E-state index contributed by atoms with van der Waals surface area (Å²) in [6.07, 6.45) is 8.37. The number of carbonyl (C=O) groups is 1. The molecule has 1 aliphatic heterocycles. The van der Waals surface area contributed by atoms with Gasteiger partial charge in [-0.05, 0) is 31.1 Å². The molecule has 3 atom stereocenters. The van der Waals surface area contributed by atoms with Crippen LogP contribution in [0.5, 0.6) is 0 Å². The van der Waals surface area contributed by atoms with E-state index >= 15 is 0 Å². The summed E-state index contributed by atoms with van der Waals surface area (Å²) < 4.78 is 0. The fourth-order valence-corrected chi connectivity index (χ4v) is 2.54. The third-order valence-electron chi connectivity index (χ3n) is 3.92. The molecule has 1 amide bonds. The Morgan fingerprint density at radius 3 is 2.94 bits per heavy atom. The Hall–Kier alpha value is -0.830. The standard InChI is InChI=1S/C13H22N2O/c1-10-6-7-15(9-12(10)14)13(16)8-11-4-2-3-5-11/h2,4,10-12H,3,5-9,14H2,1H3. The molecule has 0 aromatic rings. The molecule has 2 aliphatic rings. The highest BCUT2D eigenvalue weighted by atomic mass is 16.2. The van der Waals surface area contributed by atoms with Crippen molar-refractivity contribution in [3.05, 3.63) is 12.2 Å². The van der Waals surface area contributed by atoms with Crippen LogP contribution in [-0.4, -0.2) is 29.9 Å². The van der Waals surface area contributed by atoms with Gasteiger partial charge < -0.3 is 10.6 Å². The topological polar surface area (TPSA) is 46.3 Å². The Morgan fingerprint density at radius 2 is 2.31 bits per heavy atom. The molecule has 16 heavy (non-hydrogen) atoms. The van der Waals surface area contributed by atoms with Crippen LogP contribution in [0.1, 0.15) is 32.6 Å². The lowest BCUT2D eigenvalue weighted by molar-refractivity contribution is -0.133. The second-order valence-corrected chi connectivity index (χ2v) is 5.24. The van der Waals surface area contributed by atoms with Gasteiger partial charge in [-0.15, -0.1) is 0 Å². The van der Waals surface area contributed by atoms with Crippen LogP contribution in [0.4, 0.5) is 0 Å². The number of hydrogen-bond acceptors (Lipinski definition) is 2. The summed E-state index contributed by atoms with van der Waals surface area (Å²) in [5, 5.41) is 0. The molecule has 1 aliphatic carbocycles. The predicted molar refractivity (Wildman–Crippen MR) is 64.8 cm³/mol. The van der Waals surface area contributed by atoms with Gasteiger partial charge in [-0.2, -0.15) is 0 Å². The van der Waals surface area contributed by atoms with Gasteiger partial charge in [0, 0.05) is 25.6 Å². The summed E-state index contributed by atoms with van der Waals surface area (Å²) in [6, 6.07) is 0.164. The number of rotatable bonds is 2. The van der Waals surface area contributed by atoms with E-state index in [1.165, 1.54) is 0 Å². The summed E-state index contributed by atoms with van der Waals surface area (Å²) in [7, 11) is 0. The van der Waals surface area contributed by atoms with Gasteiger partial charge in [0.05, 0.1) is 0 Å². The van der Waals surface area contributed by atoms with Crippen LogP contribution in [0.25, 0.3) is 0 Å². The summed E-state index contributed by atoms with van der Waals surface area (Å²) in [6.45, 7) is 3.81. The number of allylic oxidation sites excluding steroid dienone is 2. The van der Waals surface area contributed by atoms with E-state index in [0.717, 1.165) is 32.4 Å². The molecule has 3 unspecified atom stereocenters. The second kappa shape index (κ2) is 5.00. The Labute approximate surface area is 97.7 Å². The van der Waals surface area contributed by atoms with Crippen LogP contribution in [0, 0.1) is 11.8 Å². The van der Waals surface area contributed by atoms with Gasteiger partial charge in [-0.1, -0.05) is 19.1 Å². The van der Waals surface area contributed by atoms with E-state index in [2.05, 4.69) is 19.1 Å². The first kappa shape index (κ1) is 11.6. The maximum Gasteiger partial charge on any atom is 0.223 e. The maximum atomic E-state index is 12.0. The molecule has 0 saturated carbocycles. The number of nitrogens with two attached hydrogens (primary N) is 1. The molecular weight excluding hydrogens is 200 g/mol. The molecule has 0 aromatic heterocycles.